The van der Waals surface area contributed by atoms with E-state index >= 15 is 0 Å². The van der Waals surface area contributed by atoms with E-state index in [0.717, 1.165) is 0 Å². The zero-order chi connectivity index (χ0) is 27.7. The quantitative estimate of drug-likeness (QED) is 0.492. The van der Waals surface area contributed by atoms with Crippen LogP contribution in [0, 0.1) is 16.2 Å². The van der Waals surface area contributed by atoms with Gasteiger partial charge in [-0.25, -0.2) is 0 Å². The van der Waals surface area contributed by atoms with Crippen molar-refractivity contribution in [3.05, 3.63) is 57.9 Å². The third-order valence-electron chi connectivity index (χ3n) is 8.92. The summed E-state index contributed by atoms with van der Waals surface area (Å²) in [6, 6.07) is 3.40. The van der Waals surface area contributed by atoms with Gasteiger partial charge in [-0.2, -0.15) is 0 Å². The molecule has 7 heteroatoms. The first kappa shape index (κ1) is 26.6. The van der Waals surface area contributed by atoms with E-state index in [0.29, 0.717) is 24.0 Å². The fraction of sp³-hybridized carbons (Fsp3) is 0.467. The molecule has 0 aliphatic heterocycles. The maximum absolute atomic E-state index is 14.3. The van der Waals surface area contributed by atoms with Crippen molar-refractivity contribution in [2.75, 3.05) is 0 Å². The summed E-state index contributed by atoms with van der Waals surface area (Å²) in [7, 11) is 0. The number of rotatable bonds is 6. The van der Waals surface area contributed by atoms with Gasteiger partial charge in [-0.05, 0) is 50.2 Å². The van der Waals surface area contributed by atoms with Crippen LogP contribution in [0.3, 0.4) is 0 Å². The lowest BCUT2D eigenvalue weighted by atomic mass is 9.42. The van der Waals surface area contributed by atoms with Crippen molar-refractivity contribution in [2.24, 2.45) is 16.2 Å². The number of carbonyl (C=O) groups is 4. The van der Waals surface area contributed by atoms with Crippen LogP contribution in [0.25, 0.3) is 5.76 Å². The van der Waals surface area contributed by atoms with Crippen molar-refractivity contribution in [2.45, 2.75) is 73.1 Å². The number of hydrogen-bond acceptors (Lipinski definition) is 7. The molecule has 0 aromatic heterocycles. The number of phenols is 1. The van der Waals surface area contributed by atoms with Crippen LogP contribution < -0.4 is 0 Å². The highest BCUT2D eigenvalue weighted by Crippen LogP contribution is 2.67. The van der Waals surface area contributed by atoms with E-state index in [4.69, 9.17) is 0 Å². The number of aromatic hydroxyl groups is 1. The molecule has 1 aromatic carbocycles. The second-order valence-corrected chi connectivity index (χ2v) is 11.7. The lowest BCUT2D eigenvalue weighted by Gasteiger charge is -2.59. The maximum atomic E-state index is 14.3. The summed E-state index contributed by atoms with van der Waals surface area (Å²) in [6.07, 6.45) is 1.02. The van der Waals surface area contributed by atoms with E-state index in [1.165, 1.54) is 13.8 Å². The van der Waals surface area contributed by atoms with Crippen LogP contribution in [0.1, 0.15) is 77.0 Å². The van der Waals surface area contributed by atoms with Gasteiger partial charge in [0.1, 0.15) is 28.8 Å². The van der Waals surface area contributed by atoms with E-state index in [1.54, 1.807) is 19.1 Å². The molecule has 1 fully saturated rings. The molecule has 0 spiro atoms. The Morgan fingerprint density at radius 2 is 1.65 bits per heavy atom. The number of Topliss-reactive ketones (excluding diaryl/α,β-unsaturated/α-hetero) is 4. The number of benzene rings is 1. The SMILES string of the molecule is C=C1C(C(C)=O)=C(O)C[C@@]2(C)C[C@@]3(C)Cc4ccc(CC(=O)CCC(C)=O)c(O)c4C(O)=C3C(=O)[C@@]12C. The van der Waals surface area contributed by atoms with E-state index in [2.05, 4.69) is 6.58 Å². The van der Waals surface area contributed by atoms with Crippen molar-refractivity contribution in [1.29, 1.82) is 0 Å². The van der Waals surface area contributed by atoms with Gasteiger partial charge in [0.05, 0.1) is 16.6 Å². The highest BCUT2D eigenvalue weighted by molar-refractivity contribution is 6.13. The first-order chi connectivity index (χ1) is 17.1. The molecular weight excluding hydrogens is 472 g/mol. The third-order valence-corrected chi connectivity index (χ3v) is 8.92. The van der Waals surface area contributed by atoms with Crippen LogP contribution in [0.2, 0.25) is 0 Å². The predicted octanol–water partition coefficient (Wildman–Crippen LogP) is 5.05. The summed E-state index contributed by atoms with van der Waals surface area (Å²) in [4.78, 5) is 50.2. The van der Waals surface area contributed by atoms with Gasteiger partial charge in [0.2, 0.25) is 0 Å². The number of fused-ring (bicyclic) bond motifs is 3. The molecule has 7 nitrogen and oxygen atoms in total. The fourth-order valence-electron chi connectivity index (χ4n) is 6.90. The Morgan fingerprint density at radius 3 is 2.24 bits per heavy atom. The summed E-state index contributed by atoms with van der Waals surface area (Å²) in [5.41, 5.74) is -1.24. The molecule has 1 aromatic rings. The van der Waals surface area contributed by atoms with Gasteiger partial charge in [-0.15, -0.1) is 0 Å². The molecule has 3 atom stereocenters. The minimum atomic E-state index is -1.25. The molecular formula is C30H34O7. The zero-order valence-electron chi connectivity index (χ0n) is 22.1. The maximum Gasteiger partial charge on any atom is 0.173 e. The molecule has 3 aliphatic rings. The normalized spacial score (nSPS) is 29.0. The molecule has 3 aliphatic carbocycles. The van der Waals surface area contributed by atoms with Crippen LogP contribution in [0.4, 0.5) is 0 Å². The summed E-state index contributed by atoms with van der Waals surface area (Å²) in [5, 5.41) is 33.4. The van der Waals surface area contributed by atoms with Crippen LogP contribution >= 0.6 is 0 Å². The monoisotopic (exact) mass is 506 g/mol. The Bertz CT molecular complexity index is 1360. The molecule has 196 valence electrons. The van der Waals surface area contributed by atoms with E-state index in [-0.39, 0.29) is 88.4 Å². The number of carbonyl (C=O) groups excluding carboxylic acids is 4. The van der Waals surface area contributed by atoms with Gasteiger partial charge in [-0.1, -0.05) is 32.6 Å². The molecule has 0 amide bonds. The molecule has 0 bridgehead atoms. The molecule has 1 saturated carbocycles. The van der Waals surface area contributed by atoms with Gasteiger partial charge < -0.3 is 20.1 Å². The summed E-state index contributed by atoms with van der Waals surface area (Å²) in [6.45, 7) is 12.3. The number of aliphatic hydroxyl groups excluding tert-OH is 2. The number of phenolic OH excluding ortho intramolecular Hbond substituents is 1. The Labute approximate surface area is 216 Å². The van der Waals surface area contributed by atoms with Crippen molar-refractivity contribution < 1.29 is 34.5 Å². The lowest BCUT2D eigenvalue weighted by Crippen LogP contribution is -2.58. The first-order valence-electron chi connectivity index (χ1n) is 12.5. The number of hydrogen-bond donors (Lipinski definition) is 3. The fourth-order valence-corrected chi connectivity index (χ4v) is 6.90. The second kappa shape index (κ2) is 8.54. The van der Waals surface area contributed by atoms with Crippen LogP contribution in [-0.2, 0) is 32.0 Å². The lowest BCUT2D eigenvalue weighted by molar-refractivity contribution is -0.137. The van der Waals surface area contributed by atoms with Gasteiger partial charge >= 0.3 is 0 Å². The highest BCUT2D eigenvalue weighted by atomic mass is 16.3. The average molecular weight is 507 g/mol. The van der Waals surface area contributed by atoms with Gasteiger partial charge in [0.25, 0.3) is 0 Å². The van der Waals surface area contributed by atoms with E-state index in [9.17, 15) is 34.5 Å². The minimum absolute atomic E-state index is 0.0578. The molecule has 3 N–H and O–H groups in total. The molecule has 0 radical (unpaired) electrons. The third kappa shape index (κ3) is 3.78. The standard InChI is InChI=1S/C30H34O7/c1-15(31)7-10-20(33)11-18-8-9-19-12-28(4)14-29(5)13-21(34)22(17(3)32)16(2)30(29,6)27(37)24(28)26(36)23(19)25(18)35/h8-9,34-36H,2,7,10-14H2,1,3-6H3/t28-,29+,30-/m1/s1. The van der Waals surface area contributed by atoms with Crippen LogP contribution in [0.5, 0.6) is 5.75 Å². The van der Waals surface area contributed by atoms with Crippen molar-refractivity contribution >= 4 is 28.9 Å². The predicted molar refractivity (Wildman–Crippen MR) is 138 cm³/mol. The van der Waals surface area contributed by atoms with Gasteiger partial charge in [0.15, 0.2) is 11.6 Å². The zero-order valence-corrected chi connectivity index (χ0v) is 22.1. The van der Waals surface area contributed by atoms with Crippen molar-refractivity contribution in [3.8, 4) is 5.75 Å². The topological polar surface area (TPSA) is 129 Å². The van der Waals surface area contributed by atoms with Crippen molar-refractivity contribution in [1.82, 2.24) is 0 Å². The molecule has 0 saturated heterocycles. The number of ketones is 4. The van der Waals surface area contributed by atoms with Gasteiger partial charge in [0, 0.05) is 42.2 Å². The number of aliphatic hydroxyl groups is 2. The average Bonchev–Trinajstić information content (AvgIpc) is 2.76. The number of allylic oxidation sites excluding steroid dienone is 4. The summed E-state index contributed by atoms with van der Waals surface area (Å²) < 4.78 is 0. The second-order valence-electron chi connectivity index (χ2n) is 11.7. The largest absolute Gasteiger partial charge is 0.512 e. The molecule has 0 unspecified atom stereocenters. The molecule has 4 rings (SSSR count). The Balaban J connectivity index is 1.84. The summed E-state index contributed by atoms with van der Waals surface area (Å²) >= 11 is 0. The smallest absolute Gasteiger partial charge is 0.173 e. The van der Waals surface area contributed by atoms with E-state index in [1.807, 2.05) is 13.8 Å². The first-order valence-corrected chi connectivity index (χ1v) is 12.5. The van der Waals surface area contributed by atoms with Crippen LogP contribution in [-0.4, -0.2) is 38.5 Å². The van der Waals surface area contributed by atoms with Crippen LogP contribution in [0.15, 0.2) is 41.2 Å². The summed E-state index contributed by atoms with van der Waals surface area (Å²) in [5.74, 6) is -1.72. The Kier molecular flexibility index (Phi) is 6.13. The Morgan fingerprint density at radius 1 is 1.00 bits per heavy atom. The molecule has 37 heavy (non-hydrogen) atoms. The van der Waals surface area contributed by atoms with Crippen molar-refractivity contribution in [3.63, 3.8) is 0 Å². The van der Waals surface area contributed by atoms with Gasteiger partial charge in [-0.3, -0.25) is 14.4 Å². The highest BCUT2D eigenvalue weighted by Gasteiger charge is 2.65. The minimum Gasteiger partial charge on any atom is -0.512 e. The van der Waals surface area contributed by atoms with E-state index < -0.39 is 16.2 Å². The molecule has 0 heterocycles. The Hall–Kier alpha value is -3.48.